The minimum atomic E-state index is -0.962. The minimum absolute atomic E-state index is 0.0290. The summed E-state index contributed by atoms with van der Waals surface area (Å²) in [4.78, 5) is 29.8. The van der Waals surface area contributed by atoms with Gasteiger partial charge in [-0.05, 0) is 25.9 Å². The number of benzene rings is 1. The number of oxazole rings is 1. The minimum Gasteiger partial charge on any atom is -0.434 e. The molecule has 27 heavy (non-hydrogen) atoms. The zero-order valence-corrected chi connectivity index (χ0v) is 15.7. The Morgan fingerprint density at radius 2 is 2.11 bits per heavy atom. The Hall–Kier alpha value is -3.04. The molecule has 1 aliphatic heterocycles. The second-order valence-electron chi connectivity index (χ2n) is 7.04. The molecule has 10 heteroatoms. The number of nitrogens with one attached hydrogen (secondary N) is 1. The van der Waals surface area contributed by atoms with Crippen LogP contribution < -0.4 is 15.9 Å². The quantitative estimate of drug-likeness (QED) is 0.817. The van der Waals surface area contributed by atoms with Gasteiger partial charge in [0.05, 0.1) is 12.2 Å². The van der Waals surface area contributed by atoms with E-state index in [-0.39, 0.29) is 29.0 Å². The maximum Gasteiger partial charge on any atom is 0.415 e. The number of ether oxygens (including phenoxy) is 1. The zero-order valence-electron chi connectivity index (χ0n) is 15.7. The lowest BCUT2D eigenvalue weighted by molar-refractivity contribution is -0.127. The van der Waals surface area contributed by atoms with Crippen molar-refractivity contribution >= 4 is 28.8 Å². The van der Waals surface area contributed by atoms with E-state index >= 15 is 0 Å². The molecular formula is C17H21FN4O5. The van der Waals surface area contributed by atoms with Gasteiger partial charge in [-0.3, -0.25) is 14.3 Å². The van der Waals surface area contributed by atoms with Crippen molar-refractivity contribution < 1.29 is 28.0 Å². The number of anilines is 1. The monoisotopic (exact) mass is 380 g/mol. The first-order valence-corrected chi connectivity index (χ1v) is 8.30. The second-order valence-corrected chi connectivity index (χ2v) is 7.04. The fraction of sp³-hybridized carbons (Fsp3) is 0.471. The summed E-state index contributed by atoms with van der Waals surface area (Å²) in [5, 5.41) is 6.23. The molecule has 1 saturated heterocycles. The Morgan fingerprint density at radius 1 is 1.41 bits per heavy atom. The average molecular weight is 380 g/mol. The van der Waals surface area contributed by atoms with Crippen molar-refractivity contribution in [2.45, 2.75) is 32.4 Å². The summed E-state index contributed by atoms with van der Waals surface area (Å²) >= 11 is 0. The van der Waals surface area contributed by atoms with E-state index in [0.717, 1.165) is 0 Å². The summed E-state index contributed by atoms with van der Waals surface area (Å²) in [6.45, 7) is 5.58. The molecule has 0 radical (unpaired) electrons. The maximum absolute atomic E-state index is 15.0. The van der Waals surface area contributed by atoms with Crippen LogP contribution in [-0.4, -0.2) is 43.4 Å². The number of aromatic nitrogens is 1. The molecule has 9 nitrogen and oxygen atoms in total. The highest BCUT2D eigenvalue weighted by molar-refractivity contribution is 5.96. The fourth-order valence-corrected chi connectivity index (χ4v) is 2.98. The van der Waals surface area contributed by atoms with E-state index in [1.165, 1.54) is 31.2 Å². The van der Waals surface area contributed by atoms with Crippen LogP contribution in [0.5, 0.6) is 0 Å². The summed E-state index contributed by atoms with van der Waals surface area (Å²) in [6.07, 6.45) is -1.70. The highest BCUT2D eigenvalue weighted by Crippen LogP contribution is 2.30. The van der Waals surface area contributed by atoms with Crippen LogP contribution >= 0.6 is 0 Å². The van der Waals surface area contributed by atoms with Gasteiger partial charge in [0.2, 0.25) is 0 Å². The average Bonchev–Trinajstić information content (AvgIpc) is 3.15. The van der Waals surface area contributed by atoms with Crippen molar-refractivity contribution in [2.75, 3.05) is 25.6 Å². The van der Waals surface area contributed by atoms with Gasteiger partial charge in [0.1, 0.15) is 12.6 Å². The number of carbonyl (C=O) groups excluding carboxylic acids is 2. The van der Waals surface area contributed by atoms with E-state index in [2.05, 4.69) is 10.5 Å². The molecule has 2 amide bonds. The Labute approximate surface area is 154 Å². The van der Waals surface area contributed by atoms with Crippen LogP contribution in [0.4, 0.5) is 14.9 Å². The number of hydrogen-bond acceptors (Lipinski definition) is 6. The van der Waals surface area contributed by atoms with Gasteiger partial charge < -0.3 is 19.3 Å². The third kappa shape index (κ3) is 3.22. The number of rotatable bonds is 3. The van der Waals surface area contributed by atoms with Crippen LogP contribution in [0.2, 0.25) is 0 Å². The van der Waals surface area contributed by atoms with E-state index < -0.39 is 29.5 Å². The summed E-state index contributed by atoms with van der Waals surface area (Å²) in [5.74, 6) is -1.04. The van der Waals surface area contributed by atoms with Gasteiger partial charge >= 0.3 is 11.8 Å². The summed E-state index contributed by atoms with van der Waals surface area (Å²) in [7, 11) is 2.81. The number of cyclic esters (lactones) is 1. The Kier molecular flexibility index (Phi) is 4.58. The Morgan fingerprint density at radius 3 is 2.70 bits per heavy atom. The number of likely N-dealkylation sites (N-methyl/N-ethyl adjacent to an activating group) is 1. The van der Waals surface area contributed by atoms with Crippen molar-refractivity contribution in [3.8, 4) is 0 Å². The van der Waals surface area contributed by atoms with E-state index in [1.807, 2.05) is 20.8 Å². The topological polar surface area (TPSA) is 98.3 Å². The summed E-state index contributed by atoms with van der Waals surface area (Å²) in [5.41, 5.74) is 0.143. The lowest BCUT2D eigenvalue weighted by atomic mass is 10.1. The van der Waals surface area contributed by atoms with E-state index in [1.54, 1.807) is 4.57 Å². The molecule has 1 aromatic heterocycles. The predicted octanol–water partition coefficient (Wildman–Crippen LogP) is 1.66. The molecule has 0 bridgehead atoms. The largest absolute Gasteiger partial charge is 0.434 e. The second kappa shape index (κ2) is 6.60. The van der Waals surface area contributed by atoms with Crippen molar-refractivity contribution in [2.24, 2.45) is 5.16 Å². The van der Waals surface area contributed by atoms with E-state index in [4.69, 9.17) is 14.0 Å². The SMILES string of the molecule is CNC(=O)[C@H]1CN(c2cc(F)c3c(c2)o/c(=N/OC)n3C(C)(C)C)C(=O)O1. The van der Waals surface area contributed by atoms with Crippen LogP contribution in [-0.2, 0) is 19.9 Å². The molecular weight excluding hydrogens is 359 g/mol. The Balaban J connectivity index is 2.12. The Bertz CT molecular complexity index is 972. The predicted molar refractivity (Wildman–Crippen MR) is 93.4 cm³/mol. The number of carbonyl (C=O) groups is 2. The van der Waals surface area contributed by atoms with Gasteiger partial charge in [0.25, 0.3) is 5.91 Å². The lowest BCUT2D eigenvalue weighted by Gasteiger charge is -2.21. The van der Waals surface area contributed by atoms with E-state index in [0.29, 0.717) is 0 Å². The molecule has 1 fully saturated rings. The smallest absolute Gasteiger partial charge is 0.415 e. The summed E-state index contributed by atoms with van der Waals surface area (Å²) in [6, 6.07) is 2.70. The highest BCUT2D eigenvalue weighted by Gasteiger charge is 2.37. The maximum atomic E-state index is 15.0. The van der Waals surface area contributed by atoms with E-state index in [9.17, 15) is 14.0 Å². The third-order valence-corrected chi connectivity index (χ3v) is 4.13. The number of amides is 2. The first-order chi connectivity index (χ1) is 12.7. The van der Waals surface area contributed by atoms with Gasteiger partial charge in [-0.15, -0.1) is 0 Å². The van der Waals surface area contributed by atoms with Crippen LogP contribution in [0.25, 0.3) is 11.1 Å². The normalized spacial score (nSPS) is 18.1. The fourth-order valence-electron chi connectivity index (χ4n) is 2.98. The van der Waals surface area contributed by atoms with Gasteiger partial charge in [-0.2, -0.15) is 0 Å². The van der Waals surface area contributed by atoms with Crippen LogP contribution in [0.1, 0.15) is 20.8 Å². The lowest BCUT2D eigenvalue weighted by Crippen LogP contribution is -2.35. The summed E-state index contributed by atoms with van der Waals surface area (Å²) < 4.78 is 27.2. The first kappa shape index (κ1) is 18.7. The molecule has 0 unspecified atom stereocenters. The van der Waals surface area contributed by atoms with Crippen molar-refractivity contribution in [1.82, 2.24) is 9.88 Å². The molecule has 3 rings (SSSR count). The standard InChI is InChI=1S/C17H21FN4O5/c1-17(2,3)22-13-10(18)6-9(7-11(13)26-15(22)20-25-5)21-8-12(14(23)19-4)27-16(21)24/h6-7,12H,8H2,1-5H3,(H,19,23)/b20-15+/t12-/m1/s1. The van der Waals surface area contributed by atoms with Crippen LogP contribution in [0.3, 0.4) is 0 Å². The van der Waals surface area contributed by atoms with Gasteiger partial charge in [-0.25, -0.2) is 9.18 Å². The molecule has 1 aliphatic rings. The highest BCUT2D eigenvalue weighted by atomic mass is 19.1. The number of fused-ring (bicyclic) bond motifs is 1. The van der Waals surface area contributed by atoms with Gasteiger partial charge in [-0.1, -0.05) is 0 Å². The van der Waals surface area contributed by atoms with Crippen LogP contribution in [0.15, 0.2) is 21.7 Å². The molecule has 2 heterocycles. The third-order valence-electron chi connectivity index (χ3n) is 4.13. The molecule has 0 saturated carbocycles. The zero-order chi connectivity index (χ0) is 19.9. The van der Waals surface area contributed by atoms with Crippen LogP contribution in [0, 0.1) is 5.82 Å². The van der Waals surface area contributed by atoms with Crippen molar-refractivity contribution in [3.63, 3.8) is 0 Å². The molecule has 0 spiro atoms. The number of halogens is 1. The molecule has 1 aromatic carbocycles. The molecule has 2 aromatic rings. The van der Waals surface area contributed by atoms with Crippen molar-refractivity contribution in [3.05, 3.63) is 23.6 Å². The molecule has 0 aliphatic carbocycles. The molecule has 1 atom stereocenters. The van der Waals surface area contributed by atoms with Gasteiger partial charge in [0.15, 0.2) is 17.5 Å². The molecule has 146 valence electrons. The first-order valence-electron chi connectivity index (χ1n) is 8.30. The number of nitrogens with zero attached hydrogens (tertiary/aromatic N) is 3. The van der Waals surface area contributed by atoms with Crippen molar-refractivity contribution in [1.29, 1.82) is 0 Å². The number of hydrogen-bond donors (Lipinski definition) is 1. The van der Waals surface area contributed by atoms with Gasteiger partial charge in [0, 0.05) is 24.7 Å². The molecule has 1 N–H and O–H groups in total.